The molecule has 0 aliphatic heterocycles. The Bertz CT molecular complexity index is 411. The maximum atomic E-state index is 6.08. The molecule has 0 radical (unpaired) electrons. The average Bonchev–Trinajstić information content (AvgIpc) is 2.36. The Morgan fingerprint density at radius 2 is 2.11 bits per heavy atom. The van der Waals surface area contributed by atoms with Crippen LogP contribution >= 0.6 is 11.6 Å². The fraction of sp³-hybridized carbons (Fsp3) is 0.667. The zero-order valence-corrected chi connectivity index (χ0v) is 11.5. The Kier molecular flexibility index (Phi) is 4.24. The number of nitrogen functional groups attached to an aromatic ring is 1. The number of hydrogen-bond acceptors (Lipinski definition) is 5. The van der Waals surface area contributed by atoms with Crippen molar-refractivity contribution in [2.45, 2.75) is 39.2 Å². The number of hydrogen-bond donors (Lipinski definition) is 3. The highest BCUT2D eigenvalue weighted by Gasteiger charge is 2.25. The standard InChI is InChI=1S/C12H20ClN5/c1-7-3-4-9(5-8(7)2)16-11-10(13)6-15-12(17-11)18-14/h6-9H,3-5,14H2,1-2H3,(H2,15,16,17,18). The van der Waals surface area contributed by atoms with E-state index >= 15 is 0 Å². The van der Waals surface area contributed by atoms with E-state index in [0.717, 1.165) is 24.7 Å². The summed E-state index contributed by atoms with van der Waals surface area (Å²) in [5.74, 6) is 7.85. The summed E-state index contributed by atoms with van der Waals surface area (Å²) < 4.78 is 0. The summed E-state index contributed by atoms with van der Waals surface area (Å²) in [4.78, 5) is 8.20. The fourth-order valence-electron chi connectivity index (χ4n) is 2.41. The molecule has 0 bridgehead atoms. The molecule has 3 atom stereocenters. The van der Waals surface area contributed by atoms with Crippen molar-refractivity contribution >= 4 is 23.4 Å². The molecule has 1 aromatic rings. The second-order valence-electron chi connectivity index (χ2n) is 5.14. The van der Waals surface area contributed by atoms with Gasteiger partial charge in [0.1, 0.15) is 5.02 Å². The Morgan fingerprint density at radius 1 is 1.33 bits per heavy atom. The predicted molar refractivity (Wildman–Crippen MR) is 74.4 cm³/mol. The third-order valence-corrected chi connectivity index (χ3v) is 4.09. The normalized spacial score (nSPS) is 27.9. The Labute approximate surface area is 112 Å². The first kappa shape index (κ1) is 13.4. The lowest BCUT2D eigenvalue weighted by Crippen LogP contribution is -2.30. The van der Waals surface area contributed by atoms with Crippen LogP contribution in [0.2, 0.25) is 5.02 Å². The SMILES string of the molecule is CC1CCC(Nc2nc(NN)ncc2Cl)CC1C. The number of nitrogens with two attached hydrogens (primary N) is 1. The van der Waals surface area contributed by atoms with Crippen LogP contribution in [0.15, 0.2) is 6.20 Å². The summed E-state index contributed by atoms with van der Waals surface area (Å²) in [6.45, 7) is 4.61. The Balaban J connectivity index is 2.05. The average molecular weight is 270 g/mol. The number of nitrogens with zero attached hydrogens (tertiary/aromatic N) is 2. The quantitative estimate of drug-likeness (QED) is 0.581. The van der Waals surface area contributed by atoms with Gasteiger partial charge in [0.15, 0.2) is 5.82 Å². The van der Waals surface area contributed by atoms with Gasteiger partial charge in [-0.15, -0.1) is 0 Å². The molecule has 1 aliphatic carbocycles. The minimum Gasteiger partial charge on any atom is -0.366 e. The molecule has 18 heavy (non-hydrogen) atoms. The molecule has 0 aromatic carbocycles. The van der Waals surface area contributed by atoms with Crippen molar-refractivity contribution in [3.8, 4) is 0 Å². The van der Waals surface area contributed by atoms with Crippen LogP contribution in [0, 0.1) is 11.8 Å². The first-order valence-corrected chi connectivity index (χ1v) is 6.73. The molecule has 1 aliphatic rings. The summed E-state index contributed by atoms with van der Waals surface area (Å²) in [6.07, 6.45) is 5.09. The second-order valence-corrected chi connectivity index (χ2v) is 5.55. The summed E-state index contributed by atoms with van der Waals surface area (Å²) in [6, 6.07) is 0.425. The van der Waals surface area contributed by atoms with Gasteiger partial charge in [0.2, 0.25) is 5.95 Å². The Morgan fingerprint density at radius 3 is 2.78 bits per heavy atom. The molecule has 1 aromatic heterocycles. The number of rotatable bonds is 3. The zero-order valence-electron chi connectivity index (χ0n) is 10.8. The third kappa shape index (κ3) is 3.03. The molecule has 0 spiro atoms. The lowest BCUT2D eigenvalue weighted by atomic mass is 9.79. The van der Waals surface area contributed by atoms with E-state index < -0.39 is 0 Å². The second kappa shape index (κ2) is 5.71. The summed E-state index contributed by atoms with van der Waals surface area (Å²) in [7, 11) is 0. The molecule has 1 saturated carbocycles. The van der Waals surface area contributed by atoms with Crippen molar-refractivity contribution < 1.29 is 0 Å². The van der Waals surface area contributed by atoms with E-state index in [9.17, 15) is 0 Å². The number of aromatic nitrogens is 2. The van der Waals surface area contributed by atoms with E-state index in [2.05, 4.69) is 34.6 Å². The number of hydrazine groups is 1. The highest BCUT2D eigenvalue weighted by molar-refractivity contribution is 6.32. The summed E-state index contributed by atoms with van der Waals surface area (Å²) >= 11 is 6.08. The number of anilines is 2. The van der Waals surface area contributed by atoms with Gasteiger partial charge in [-0.2, -0.15) is 4.98 Å². The van der Waals surface area contributed by atoms with Gasteiger partial charge < -0.3 is 5.32 Å². The molecule has 100 valence electrons. The van der Waals surface area contributed by atoms with Crippen molar-refractivity contribution in [1.29, 1.82) is 0 Å². The number of nitrogens with one attached hydrogen (secondary N) is 2. The van der Waals surface area contributed by atoms with Gasteiger partial charge >= 0.3 is 0 Å². The number of halogens is 1. The summed E-state index contributed by atoms with van der Waals surface area (Å²) in [5, 5.41) is 3.92. The van der Waals surface area contributed by atoms with Gasteiger partial charge in [0.05, 0.1) is 6.20 Å². The molecule has 1 fully saturated rings. The largest absolute Gasteiger partial charge is 0.366 e. The van der Waals surface area contributed by atoms with E-state index in [4.69, 9.17) is 17.4 Å². The van der Waals surface area contributed by atoms with Crippen LogP contribution in [0.25, 0.3) is 0 Å². The minimum absolute atomic E-state index is 0.374. The van der Waals surface area contributed by atoms with Crippen molar-refractivity contribution in [3.63, 3.8) is 0 Å². The van der Waals surface area contributed by atoms with E-state index in [1.54, 1.807) is 6.20 Å². The van der Waals surface area contributed by atoms with Crippen LogP contribution in [0.1, 0.15) is 33.1 Å². The van der Waals surface area contributed by atoms with Crippen LogP contribution in [0.3, 0.4) is 0 Å². The first-order valence-electron chi connectivity index (χ1n) is 6.36. The van der Waals surface area contributed by atoms with E-state index in [0.29, 0.717) is 22.8 Å². The lowest BCUT2D eigenvalue weighted by Gasteiger charge is -2.32. The fourth-order valence-corrected chi connectivity index (χ4v) is 2.56. The van der Waals surface area contributed by atoms with Crippen LogP contribution < -0.4 is 16.6 Å². The first-order chi connectivity index (χ1) is 8.60. The molecule has 5 nitrogen and oxygen atoms in total. The molecule has 3 unspecified atom stereocenters. The van der Waals surface area contributed by atoms with Gasteiger partial charge in [0.25, 0.3) is 0 Å². The highest BCUT2D eigenvalue weighted by atomic mass is 35.5. The topological polar surface area (TPSA) is 75.9 Å². The van der Waals surface area contributed by atoms with Crippen molar-refractivity contribution in [1.82, 2.24) is 9.97 Å². The molecular formula is C12H20ClN5. The lowest BCUT2D eigenvalue weighted by molar-refractivity contribution is 0.260. The molecule has 0 amide bonds. The van der Waals surface area contributed by atoms with Gasteiger partial charge in [-0.3, -0.25) is 5.43 Å². The van der Waals surface area contributed by atoms with Crippen molar-refractivity contribution in [2.24, 2.45) is 17.7 Å². The minimum atomic E-state index is 0.374. The van der Waals surface area contributed by atoms with Gasteiger partial charge in [-0.1, -0.05) is 25.4 Å². The molecule has 2 rings (SSSR count). The third-order valence-electron chi connectivity index (χ3n) is 3.81. The molecular weight excluding hydrogens is 250 g/mol. The summed E-state index contributed by atoms with van der Waals surface area (Å²) in [5.41, 5.74) is 2.43. The van der Waals surface area contributed by atoms with Gasteiger partial charge in [0, 0.05) is 6.04 Å². The molecule has 6 heteroatoms. The predicted octanol–water partition coefficient (Wildman–Crippen LogP) is 2.65. The Hall–Kier alpha value is -1.07. The van der Waals surface area contributed by atoms with Gasteiger partial charge in [-0.25, -0.2) is 10.8 Å². The van der Waals surface area contributed by atoms with E-state index in [1.807, 2.05) is 0 Å². The monoisotopic (exact) mass is 269 g/mol. The maximum absolute atomic E-state index is 6.08. The smallest absolute Gasteiger partial charge is 0.239 e. The molecule has 0 saturated heterocycles. The van der Waals surface area contributed by atoms with Crippen molar-refractivity contribution in [3.05, 3.63) is 11.2 Å². The van der Waals surface area contributed by atoms with Crippen LogP contribution in [-0.2, 0) is 0 Å². The van der Waals surface area contributed by atoms with Crippen LogP contribution in [0.5, 0.6) is 0 Å². The highest BCUT2D eigenvalue weighted by Crippen LogP contribution is 2.32. The molecule has 1 heterocycles. The van der Waals surface area contributed by atoms with E-state index in [-0.39, 0.29) is 0 Å². The van der Waals surface area contributed by atoms with Crippen molar-refractivity contribution in [2.75, 3.05) is 10.7 Å². The van der Waals surface area contributed by atoms with E-state index in [1.165, 1.54) is 6.42 Å². The van der Waals surface area contributed by atoms with Crippen LogP contribution in [0.4, 0.5) is 11.8 Å². The van der Waals surface area contributed by atoms with Gasteiger partial charge in [-0.05, 0) is 31.1 Å². The maximum Gasteiger partial charge on any atom is 0.239 e. The van der Waals surface area contributed by atoms with Crippen LogP contribution in [-0.4, -0.2) is 16.0 Å². The molecule has 4 N–H and O–H groups in total. The zero-order chi connectivity index (χ0) is 13.1.